The summed E-state index contributed by atoms with van der Waals surface area (Å²) >= 11 is 0. The van der Waals surface area contributed by atoms with Crippen molar-refractivity contribution < 1.29 is 23.7 Å². The molecule has 0 saturated carbocycles. The Hall–Kier alpha value is -0.200. The Kier molecular flexibility index (Phi) is 102. The van der Waals surface area contributed by atoms with E-state index in [0.29, 0.717) is 13.2 Å². The first-order valence-corrected chi connectivity index (χ1v) is 50.0. The molecule has 0 fully saturated rings. The van der Waals surface area contributed by atoms with Crippen LogP contribution in [-0.2, 0) is 23.7 Å². The molecule has 0 amide bonds. The van der Waals surface area contributed by atoms with Crippen LogP contribution in [0, 0.1) is 5.41 Å². The predicted molar refractivity (Wildman–Crippen MR) is 474 cm³/mol. The molecule has 0 unspecified atom stereocenters. The molecule has 0 N–H and O–H groups in total. The first-order valence-electron chi connectivity index (χ1n) is 50.0. The Morgan fingerprint density at radius 3 is 0.438 bits per heavy atom. The lowest BCUT2D eigenvalue weighted by molar-refractivity contribution is -0.0616. The Balaban J connectivity index is 0. The quantitative estimate of drug-likeness (QED) is 0.0568. The average molecular weight is 1490 g/mol. The van der Waals surface area contributed by atoms with Crippen LogP contribution < -0.4 is 0 Å². The van der Waals surface area contributed by atoms with E-state index in [1.54, 1.807) is 0 Å². The maximum atomic E-state index is 6.38. The second-order valence-electron chi connectivity index (χ2n) is 34.5. The third kappa shape index (κ3) is 94.3. The summed E-state index contributed by atoms with van der Waals surface area (Å²) in [5.41, 5.74) is 0.212. The van der Waals surface area contributed by atoms with Crippen molar-refractivity contribution in [3.05, 3.63) is 0 Å². The van der Waals surface area contributed by atoms with Gasteiger partial charge in [0, 0.05) is 38.4 Å². The molecule has 5 nitrogen and oxygen atoms in total. The van der Waals surface area contributed by atoms with E-state index in [1.165, 1.54) is 514 Å². The van der Waals surface area contributed by atoms with Crippen LogP contribution in [0.2, 0.25) is 0 Å². The first kappa shape index (κ1) is 107. The van der Waals surface area contributed by atoms with Crippen molar-refractivity contribution in [1.82, 2.24) is 0 Å². The molecule has 0 aliphatic carbocycles. The molecule has 0 radical (unpaired) electrons. The topological polar surface area (TPSA) is 46.2 Å². The minimum absolute atomic E-state index is 0.0865. The summed E-state index contributed by atoms with van der Waals surface area (Å²) in [7, 11) is 0. The highest BCUT2D eigenvalue weighted by molar-refractivity contribution is 4.76. The summed E-state index contributed by atoms with van der Waals surface area (Å²) < 4.78 is 31.2. The van der Waals surface area contributed by atoms with E-state index in [-0.39, 0.29) is 11.5 Å². The minimum Gasteiger partial charge on any atom is -0.381 e. The Morgan fingerprint density at radius 1 is 0.152 bits per heavy atom. The van der Waals surface area contributed by atoms with Crippen LogP contribution in [0.1, 0.15) is 575 Å². The number of hydrogen-bond acceptors (Lipinski definition) is 5. The second-order valence-corrected chi connectivity index (χ2v) is 34.5. The second kappa shape index (κ2) is 99.9. The largest absolute Gasteiger partial charge is 0.381 e. The highest BCUT2D eigenvalue weighted by atomic mass is 16.6. The predicted octanol–water partition coefficient (Wildman–Crippen LogP) is 35.5. The monoisotopic (exact) mass is 1490 g/mol. The van der Waals surface area contributed by atoms with Crippen molar-refractivity contribution in [3.8, 4) is 0 Å². The van der Waals surface area contributed by atoms with Gasteiger partial charge in [-0.25, -0.2) is 0 Å². The van der Waals surface area contributed by atoms with Crippen LogP contribution in [0.3, 0.4) is 0 Å². The maximum Gasteiger partial charge on any atom is 0.104 e. The van der Waals surface area contributed by atoms with E-state index in [9.17, 15) is 0 Å². The van der Waals surface area contributed by atoms with Gasteiger partial charge in [0.2, 0.25) is 0 Å². The average Bonchev–Trinajstić information content (AvgIpc) is 0.924. The van der Waals surface area contributed by atoms with Crippen molar-refractivity contribution in [2.24, 2.45) is 5.41 Å². The number of rotatable bonds is 96. The molecule has 0 aromatic rings. The van der Waals surface area contributed by atoms with Crippen LogP contribution >= 0.6 is 0 Å². The Bertz CT molecular complexity index is 1350. The number of unbranched alkanes of at least 4 members (excludes halogenated alkanes) is 75. The van der Waals surface area contributed by atoms with Gasteiger partial charge in [-0.15, -0.1) is 0 Å². The van der Waals surface area contributed by atoms with E-state index < -0.39 is 0 Å². The van der Waals surface area contributed by atoms with Gasteiger partial charge in [-0.3, -0.25) is 0 Å². The zero-order chi connectivity index (χ0) is 76.0. The van der Waals surface area contributed by atoms with Gasteiger partial charge in [0.05, 0.1) is 26.4 Å². The van der Waals surface area contributed by atoms with Crippen LogP contribution in [0.5, 0.6) is 0 Å². The van der Waals surface area contributed by atoms with Crippen LogP contribution in [-0.4, -0.2) is 65.6 Å². The van der Waals surface area contributed by atoms with Crippen molar-refractivity contribution >= 4 is 0 Å². The fourth-order valence-electron chi connectivity index (χ4n) is 15.8. The van der Waals surface area contributed by atoms with Gasteiger partial charge in [0.15, 0.2) is 0 Å². The van der Waals surface area contributed by atoms with Crippen molar-refractivity contribution in [2.45, 2.75) is 581 Å². The van der Waals surface area contributed by atoms with E-state index in [1.807, 2.05) is 0 Å². The van der Waals surface area contributed by atoms with E-state index in [4.69, 9.17) is 23.7 Å². The van der Waals surface area contributed by atoms with Crippen molar-refractivity contribution in [1.29, 1.82) is 0 Å². The molecule has 0 rings (SSSR count). The van der Waals surface area contributed by atoms with Gasteiger partial charge < -0.3 is 23.7 Å². The van der Waals surface area contributed by atoms with Gasteiger partial charge in [0.1, 0.15) is 6.10 Å². The molecule has 0 aliphatic heterocycles. The van der Waals surface area contributed by atoms with Crippen molar-refractivity contribution in [3.63, 3.8) is 0 Å². The summed E-state index contributed by atoms with van der Waals surface area (Å²) in [6.45, 7) is 23.8. The normalized spacial score (nSPS) is 11.9. The van der Waals surface area contributed by atoms with Gasteiger partial charge in [-0.05, 0) is 44.9 Å². The van der Waals surface area contributed by atoms with Gasteiger partial charge in [-0.2, -0.15) is 0 Å². The van der Waals surface area contributed by atoms with E-state index in [2.05, 4.69) is 48.5 Å². The van der Waals surface area contributed by atoms with Gasteiger partial charge in [-0.1, -0.05) is 530 Å². The molecular weight excluding hydrogens is 1280 g/mol. The highest BCUT2D eigenvalue weighted by Crippen LogP contribution is 2.28. The lowest BCUT2D eigenvalue weighted by Gasteiger charge is -2.31. The summed E-state index contributed by atoms with van der Waals surface area (Å²) in [5, 5.41) is 0. The van der Waals surface area contributed by atoms with Crippen LogP contribution in [0.15, 0.2) is 0 Å². The maximum absolute atomic E-state index is 6.38. The summed E-state index contributed by atoms with van der Waals surface area (Å²) in [6, 6.07) is 0. The summed E-state index contributed by atoms with van der Waals surface area (Å²) in [5.74, 6) is 0. The Labute approximate surface area is 665 Å². The van der Waals surface area contributed by atoms with E-state index >= 15 is 0 Å². The minimum atomic E-state index is 0.0865. The molecule has 0 aromatic heterocycles. The number of hydrogen-bond donors (Lipinski definition) is 0. The van der Waals surface area contributed by atoms with Crippen LogP contribution in [0.25, 0.3) is 0 Å². The fraction of sp³-hybridized carbons (Fsp3) is 1.00. The molecule has 0 bridgehead atoms. The highest BCUT2D eigenvalue weighted by Gasteiger charge is 2.27. The molecule has 0 aromatic carbocycles. The zero-order valence-corrected chi connectivity index (χ0v) is 74.5. The lowest BCUT2D eigenvalue weighted by atomic mass is 9.84. The molecule has 5 heteroatoms. The van der Waals surface area contributed by atoms with E-state index in [0.717, 1.165) is 59.1 Å². The molecule has 0 heterocycles. The molecule has 0 spiro atoms. The zero-order valence-electron chi connectivity index (χ0n) is 74.5. The SMILES string of the molecule is CCCCCCCCCCCCCCCCCCOCC(CC)(CC)COCCCCCCCCCCCCCCCCCC.CCCCCCCCCCCCCCCCCCOCC(COCCCCCCCCCCCCCCCCCC)OCCCCCCCCCCCCCCCCCC. The number of ether oxygens (including phenoxy) is 5. The fourth-order valence-corrected chi connectivity index (χ4v) is 15.8. The third-order valence-electron chi connectivity index (χ3n) is 23.8. The Morgan fingerprint density at radius 2 is 0.286 bits per heavy atom. The molecule has 105 heavy (non-hydrogen) atoms. The molecule has 0 aliphatic rings. The molecule has 634 valence electrons. The summed E-state index contributed by atoms with van der Waals surface area (Å²) in [6.07, 6.45) is 115. The lowest BCUT2D eigenvalue weighted by Crippen LogP contribution is -2.31. The van der Waals surface area contributed by atoms with Gasteiger partial charge in [0.25, 0.3) is 0 Å². The van der Waals surface area contributed by atoms with Gasteiger partial charge >= 0.3 is 0 Å². The van der Waals surface area contributed by atoms with Crippen molar-refractivity contribution in [2.75, 3.05) is 59.5 Å². The first-order chi connectivity index (χ1) is 52.1. The third-order valence-corrected chi connectivity index (χ3v) is 23.8. The smallest absolute Gasteiger partial charge is 0.104 e. The molecular formula is C100H204O5. The van der Waals surface area contributed by atoms with Crippen LogP contribution in [0.4, 0.5) is 0 Å². The molecule has 0 saturated heterocycles. The molecule has 0 atom stereocenters. The summed E-state index contributed by atoms with van der Waals surface area (Å²) in [4.78, 5) is 0. The standard InChI is InChI=1S/C57H116O3.C43H88O2/c1-4-7-10-13-16-19-22-25-28-31-34-37-40-43-46-49-52-58-55-57(60-54-51-48-45-42-39-36-33-30-27-24-21-18-15-12-9-6-3)56-59-53-50-47-44-41-38-35-32-29-26-23-20-17-14-11-8-5-2;1-5-9-11-13-15-17-19-21-23-25-27-29-31-33-35-37-39-44-41-43(7-3,8-4)42-45-40-38-36-34-32-30-28-26-24-22-20-18-16-14-12-10-6-2/h57H,4-56H2,1-3H3;5-42H2,1-4H3.